The minimum absolute atomic E-state index is 0.165. The number of carbonyl (C=O) groups excluding carboxylic acids is 1. The van der Waals surface area contributed by atoms with E-state index in [1.165, 1.54) is 18.4 Å². The number of ketones is 1. The number of para-hydroxylation sites is 1. The van der Waals surface area contributed by atoms with Crippen LogP contribution in [0.3, 0.4) is 0 Å². The summed E-state index contributed by atoms with van der Waals surface area (Å²) >= 11 is 5.78. The van der Waals surface area contributed by atoms with Crippen LogP contribution in [0.15, 0.2) is 70.1 Å². The Bertz CT molecular complexity index is 921. The van der Waals surface area contributed by atoms with Gasteiger partial charge in [-0.2, -0.15) is 0 Å². The zero-order valence-corrected chi connectivity index (χ0v) is 12.2. The normalized spacial score (nSPS) is 11.1. The third kappa shape index (κ3) is 2.85. The maximum absolute atomic E-state index is 12.3. The molecule has 3 rings (SSSR count). The first-order valence-corrected chi connectivity index (χ1v) is 7.01. The minimum atomic E-state index is -0.204. The van der Waals surface area contributed by atoms with Crippen molar-refractivity contribution in [2.45, 2.75) is 0 Å². The Morgan fingerprint density at radius 1 is 1.05 bits per heavy atom. The van der Waals surface area contributed by atoms with E-state index in [0.29, 0.717) is 27.1 Å². The number of benzene rings is 2. The van der Waals surface area contributed by atoms with Crippen molar-refractivity contribution in [1.29, 1.82) is 0 Å². The molecule has 0 amide bonds. The quantitative estimate of drug-likeness (QED) is 0.534. The van der Waals surface area contributed by atoms with Crippen molar-refractivity contribution in [1.82, 2.24) is 0 Å². The maximum Gasteiger partial charge on any atom is 0.199 e. The van der Waals surface area contributed by atoms with Crippen LogP contribution in [0.2, 0.25) is 5.02 Å². The highest BCUT2D eigenvalue weighted by molar-refractivity contribution is 6.30. The molecule has 0 atom stereocenters. The molecule has 2 aromatic carbocycles. The number of allylic oxidation sites excluding steroid dienone is 1. The van der Waals surface area contributed by atoms with Crippen molar-refractivity contribution in [2.24, 2.45) is 0 Å². The molecule has 3 aromatic rings. The summed E-state index contributed by atoms with van der Waals surface area (Å²) in [6.07, 6.45) is 4.18. The molecular weight excluding hydrogens is 300 g/mol. The molecule has 0 aliphatic rings. The standard InChI is InChI=1S/C18H11ClO3/c19-14-8-5-12(6-9-14)16(20)10-7-13-11-22-17-4-2-1-3-15(17)18(13)21/h1-11H/b10-7+. The van der Waals surface area contributed by atoms with Crippen molar-refractivity contribution in [3.8, 4) is 0 Å². The van der Waals surface area contributed by atoms with Gasteiger partial charge < -0.3 is 4.42 Å². The number of halogens is 1. The average Bonchev–Trinajstić information content (AvgIpc) is 2.55. The third-order valence-corrected chi connectivity index (χ3v) is 3.50. The largest absolute Gasteiger partial charge is 0.463 e. The van der Waals surface area contributed by atoms with Gasteiger partial charge in [-0.1, -0.05) is 23.7 Å². The van der Waals surface area contributed by atoms with Gasteiger partial charge in [0, 0.05) is 10.6 Å². The van der Waals surface area contributed by atoms with Gasteiger partial charge >= 0.3 is 0 Å². The minimum Gasteiger partial charge on any atom is -0.463 e. The highest BCUT2D eigenvalue weighted by Crippen LogP contribution is 2.13. The van der Waals surface area contributed by atoms with Gasteiger partial charge in [0.1, 0.15) is 11.8 Å². The van der Waals surface area contributed by atoms with Gasteiger partial charge in [-0.3, -0.25) is 9.59 Å². The summed E-state index contributed by atoms with van der Waals surface area (Å²) in [6, 6.07) is 13.6. The molecule has 4 heteroatoms. The SMILES string of the molecule is O=C(/C=C/c1coc2ccccc2c1=O)c1ccc(Cl)cc1. The summed E-state index contributed by atoms with van der Waals surface area (Å²) in [7, 11) is 0. The molecule has 0 bridgehead atoms. The molecule has 0 N–H and O–H groups in total. The van der Waals surface area contributed by atoms with Crippen molar-refractivity contribution in [3.63, 3.8) is 0 Å². The van der Waals surface area contributed by atoms with E-state index in [1.807, 2.05) is 0 Å². The molecule has 0 unspecified atom stereocenters. The molecule has 22 heavy (non-hydrogen) atoms. The van der Waals surface area contributed by atoms with Crippen molar-refractivity contribution >= 4 is 34.4 Å². The molecule has 108 valence electrons. The molecule has 0 aliphatic carbocycles. The summed E-state index contributed by atoms with van der Waals surface area (Å²) in [4.78, 5) is 24.3. The highest BCUT2D eigenvalue weighted by Gasteiger charge is 2.05. The molecule has 1 heterocycles. The lowest BCUT2D eigenvalue weighted by Gasteiger charge is -1.98. The molecule has 0 saturated heterocycles. The molecule has 0 aliphatic heterocycles. The lowest BCUT2D eigenvalue weighted by atomic mass is 10.1. The van der Waals surface area contributed by atoms with Gasteiger partial charge in [0.15, 0.2) is 11.2 Å². The van der Waals surface area contributed by atoms with Gasteiger partial charge in [-0.05, 0) is 48.6 Å². The first kappa shape index (κ1) is 14.3. The number of hydrogen-bond acceptors (Lipinski definition) is 3. The van der Waals surface area contributed by atoms with Crippen molar-refractivity contribution in [2.75, 3.05) is 0 Å². The second-order valence-electron chi connectivity index (χ2n) is 4.72. The highest BCUT2D eigenvalue weighted by atomic mass is 35.5. The second kappa shape index (κ2) is 6.00. The summed E-state index contributed by atoms with van der Waals surface area (Å²) in [5.41, 5.74) is 1.20. The van der Waals surface area contributed by atoms with Gasteiger partial charge in [0.25, 0.3) is 0 Å². The first-order valence-electron chi connectivity index (χ1n) is 6.64. The van der Waals surface area contributed by atoms with E-state index in [2.05, 4.69) is 0 Å². The van der Waals surface area contributed by atoms with E-state index in [0.717, 1.165) is 0 Å². The smallest absolute Gasteiger partial charge is 0.199 e. The zero-order valence-electron chi connectivity index (χ0n) is 11.5. The Morgan fingerprint density at radius 2 is 1.77 bits per heavy atom. The lowest BCUT2D eigenvalue weighted by molar-refractivity contribution is 0.104. The second-order valence-corrected chi connectivity index (χ2v) is 5.16. The van der Waals surface area contributed by atoms with E-state index in [4.69, 9.17) is 16.0 Å². The Balaban J connectivity index is 1.92. The van der Waals surface area contributed by atoms with Crippen LogP contribution in [-0.4, -0.2) is 5.78 Å². The molecule has 0 spiro atoms. The van der Waals surface area contributed by atoms with Gasteiger partial charge in [0.05, 0.1) is 10.9 Å². The number of carbonyl (C=O) groups is 1. The fourth-order valence-electron chi connectivity index (χ4n) is 2.08. The number of hydrogen-bond donors (Lipinski definition) is 0. The van der Waals surface area contributed by atoms with E-state index >= 15 is 0 Å². The lowest BCUT2D eigenvalue weighted by Crippen LogP contribution is -2.05. The number of fused-ring (bicyclic) bond motifs is 1. The topological polar surface area (TPSA) is 47.3 Å². The molecule has 0 fully saturated rings. The molecule has 0 radical (unpaired) electrons. The predicted molar refractivity (Wildman–Crippen MR) is 87.3 cm³/mol. The zero-order chi connectivity index (χ0) is 15.5. The third-order valence-electron chi connectivity index (χ3n) is 3.25. The Labute approximate surface area is 131 Å². The Morgan fingerprint density at radius 3 is 2.55 bits per heavy atom. The van der Waals surface area contributed by atoms with Crippen LogP contribution in [0.5, 0.6) is 0 Å². The van der Waals surface area contributed by atoms with Crippen LogP contribution < -0.4 is 5.43 Å². The van der Waals surface area contributed by atoms with E-state index in [1.54, 1.807) is 48.5 Å². The van der Waals surface area contributed by atoms with Crippen LogP contribution in [0.25, 0.3) is 17.0 Å². The number of rotatable bonds is 3. The van der Waals surface area contributed by atoms with Gasteiger partial charge in [0.2, 0.25) is 0 Å². The molecular formula is C18H11ClO3. The Hall–Kier alpha value is -2.65. The van der Waals surface area contributed by atoms with Crippen molar-refractivity contribution in [3.05, 3.63) is 87.2 Å². The Kier molecular flexibility index (Phi) is 3.90. The molecule has 0 saturated carbocycles. The van der Waals surface area contributed by atoms with Crippen LogP contribution in [0.1, 0.15) is 15.9 Å². The summed E-state index contributed by atoms with van der Waals surface area (Å²) in [5, 5.41) is 1.05. The fourth-order valence-corrected chi connectivity index (χ4v) is 2.21. The van der Waals surface area contributed by atoms with Crippen LogP contribution in [0, 0.1) is 0 Å². The van der Waals surface area contributed by atoms with Crippen LogP contribution >= 0.6 is 11.6 Å². The molecule has 3 nitrogen and oxygen atoms in total. The van der Waals surface area contributed by atoms with Crippen LogP contribution in [0.4, 0.5) is 0 Å². The predicted octanol–water partition coefficient (Wildman–Crippen LogP) is 4.34. The average molecular weight is 311 g/mol. The van der Waals surface area contributed by atoms with E-state index < -0.39 is 0 Å². The maximum atomic E-state index is 12.3. The van der Waals surface area contributed by atoms with Crippen molar-refractivity contribution < 1.29 is 9.21 Å². The molecule has 1 aromatic heterocycles. The van der Waals surface area contributed by atoms with Gasteiger partial charge in [-0.25, -0.2) is 0 Å². The summed E-state index contributed by atoms with van der Waals surface area (Å²) < 4.78 is 5.40. The fraction of sp³-hybridized carbons (Fsp3) is 0. The summed E-state index contributed by atoms with van der Waals surface area (Å²) in [5.74, 6) is -0.204. The summed E-state index contributed by atoms with van der Waals surface area (Å²) in [6.45, 7) is 0. The van der Waals surface area contributed by atoms with Gasteiger partial charge in [-0.15, -0.1) is 0 Å². The van der Waals surface area contributed by atoms with E-state index in [9.17, 15) is 9.59 Å². The first-order chi connectivity index (χ1) is 10.6. The van der Waals surface area contributed by atoms with E-state index in [-0.39, 0.29) is 11.2 Å². The van der Waals surface area contributed by atoms with Crippen LogP contribution in [-0.2, 0) is 0 Å². The monoisotopic (exact) mass is 310 g/mol.